The van der Waals surface area contributed by atoms with E-state index in [2.05, 4.69) is 32.0 Å². The van der Waals surface area contributed by atoms with E-state index in [1.165, 1.54) is 0 Å². The van der Waals surface area contributed by atoms with Crippen LogP contribution in [-0.4, -0.2) is 64.4 Å². The molecule has 10 heteroatoms. The number of aliphatic hydroxyl groups is 1. The summed E-state index contributed by atoms with van der Waals surface area (Å²) >= 11 is 6.24. The number of fused-ring (bicyclic) bond motifs is 1. The maximum atomic E-state index is 12.4. The van der Waals surface area contributed by atoms with Crippen LogP contribution in [0.2, 0.25) is 5.02 Å². The number of aromatic nitrogens is 3. The maximum Gasteiger partial charge on any atom is 0.230 e. The van der Waals surface area contributed by atoms with E-state index in [0.717, 1.165) is 59.5 Å². The molecule has 3 heterocycles. The summed E-state index contributed by atoms with van der Waals surface area (Å²) in [6, 6.07) is 8.50. The number of rotatable bonds is 9. The maximum absolute atomic E-state index is 12.4. The van der Waals surface area contributed by atoms with Crippen molar-refractivity contribution in [1.29, 1.82) is 0 Å². The standard InChI is InChI=1S/C27H33ClN6O3/c1-16-8-24-18(9-23(16)28)4-7-25(34-24)32-20-5-2-17(3-6-20)10-29-27-30-11-19(12-31-27)22(13-35)26(36)33-21-14-37-15-21/h4,7-9,11-12,17,20-22,35H,2-3,5-6,10,13-15H2,1H3,(H,32,34)(H,33,36)(H,29,30,31)/t17?,20?,22-/m0/s1. The highest BCUT2D eigenvalue weighted by Crippen LogP contribution is 2.28. The third-order valence-corrected chi connectivity index (χ3v) is 7.68. The quantitative estimate of drug-likeness (QED) is 0.334. The number of hydrogen-bond donors (Lipinski definition) is 4. The van der Waals surface area contributed by atoms with Crippen LogP contribution in [0.4, 0.5) is 11.8 Å². The second-order valence-corrected chi connectivity index (χ2v) is 10.5. The molecule has 0 bridgehead atoms. The normalized spacial score (nSPS) is 20.7. The molecule has 0 spiro atoms. The first-order chi connectivity index (χ1) is 18.0. The van der Waals surface area contributed by atoms with Gasteiger partial charge < -0.3 is 25.8 Å². The lowest BCUT2D eigenvalue weighted by atomic mass is 9.86. The van der Waals surface area contributed by atoms with Gasteiger partial charge in [-0.1, -0.05) is 11.6 Å². The monoisotopic (exact) mass is 524 g/mol. The fourth-order valence-electron chi connectivity index (χ4n) is 4.85. The summed E-state index contributed by atoms with van der Waals surface area (Å²) in [5.41, 5.74) is 2.58. The molecule has 1 saturated carbocycles. The molecule has 9 nitrogen and oxygen atoms in total. The van der Waals surface area contributed by atoms with Crippen LogP contribution in [0.15, 0.2) is 36.7 Å². The Balaban J connectivity index is 1.08. The lowest BCUT2D eigenvalue weighted by molar-refractivity contribution is -0.127. The predicted octanol–water partition coefficient (Wildman–Crippen LogP) is 3.66. The Morgan fingerprint density at radius 2 is 1.89 bits per heavy atom. The number of hydrogen-bond acceptors (Lipinski definition) is 8. The van der Waals surface area contributed by atoms with Gasteiger partial charge >= 0.3 is 0 Å². The van der Waals surface area contributed by atoms with Crippen LogP contribution in [0.5, 0.6) is 0 Å². The van der Waals surface area contributed by atoms with E-state index in [9.17, 15) is 9.90 Å². The van der Waals surface area contributed by atoms with E-state index < -0.39 is 5.92 Å². The van der Waals surface area contributed by atoms with Crippen molar-refractivity contribution < 1.29 is 14.6 Å². The second-order valence-electron chi connectivity index (χ2n) is 10.1. The molecule has 2 aromatic heterocycles. The number of nitrogens with one attached hydrogen (secondary N) is 3. The summed E-state index contributed by atoms with van der Waals surface area (Å²) in [4.78, 5) is 25.9. The molecule has 2 aliphatic rings. The smallest absolute Gasteiger partial charge is 0.230 e. The van der Waals surface area contributed by atoms with Crippen LogP contribution >= 0.6 is 11.6 Å². The molecule has 1 aliphatic carbocycles. The molecule has 1 aromatic carbocycles. The van der Waals surface area contributed by atoms with E-state index in [1.54, 1.807) is 12.4 Å². The van der Waals surface area contributed by atoms with Crippen LogP contribution in [-0.2, 0) is 9.53 Å². The Hall–Kier alpha value is -3.01. The number of aryl methyl sites for hydroxylation is 1. The molecule has 5 rings (SSSR count). The van der Waals surface area contributed by atoms with Gasteiger partial charge in [0.15, 0.2) is 0 Å². The highest BCUT2D eigenvalue weighted by molar-refractivity contribution is 6.32. The topological polar surface area (TPSA) is 121 Å². The molecule has 37 heavy (non-hydrogen) atoms. The highest BCUT2D eigenvalue weighted by Gasteiger charge is 2.27. The number of amides is 1. The molecule has 4 N–H and O–H groups in total. The van der Waals surface area contributed by atoms with Crippen molar-refractivity contribution in [3.63, 3.8) is 0 Å². The summed E-state index contributed by atoms with van der Waals surface area (Å²) in [6.45, 7) is 3.52. The second kappa shape index (κ2) is 11.6. The fraction of sp³-hybridized carbons (Fsp3) is 0.481. The minimum absolute atomic E-state index is 0.0152. The number of carbonyl (C=O) groups is 1. The van der Waals surface area contributed by atoms with Crippen LogP contribution in [0.3, 0.4) is 0 Å². The van der Waals surface area contributed by atoms with Gasteiger partial charge in [-0.25, -0.2) is 15.0 Å². The molecule has 1 saturated heterocycles. The van der Waals surface area contributed by atoms with Crippen LogP contribution < -0.4 is 16.0 Å². The Kier molecular flexibility index (Phi) is 8.02. The fourth-order valence-corrected chi connectivity index (χ4v) is 5.03. The van der Waals surface area contributed by atoms with Gasteiger partial charge in [0.1, 0.15) is 5.82 Å². The summed E-state index contributed by atoms with van der Waals surface area (Å²) in [7, 11) is 0. The van der Waals surface area contributed by atoms with Gasteiger partial charge in [-0.15, -0.1) is 0 Å². The summed E-state index contributed by atoms with van der Waals surface area (Å²) < 4.78 is 5.08. The van der Waals surface area contributed by atoms with Crippen molar-refractivity contribution in [2.75, 3.05) is 37.0 Å². The number of nitrogens with zero attached hydrogens (tertiary/aromatic N) is 3. The average Bonchev–Trinajstić information content (AvgIpc) is 2.88. The third kappa shape index (κ3) is 6.29. The first kappa shape index (κ1) is 25.6. The average molecular weight is 525 g/mol. The number of aliphatic hydroxyl groups excluding tert-OH is 1. The number of benzene rings is 1. The zero-order chi connectivity index (χ0) is 25.8. The zero-order valence-electron chi connectivity index (χ0n) is 20.9. The summed E-state index contributed by atoms with van der Waals surface area (Å²) in [5.74, 6) is 1.06. The van der Waals surface area contributed by atoms with E-state index in [1.807, 2.05) is 25.1 Å². The number of halogens is 1. The van der Waals surface area contributed by atoms with E-state index in [4.69, 9.17) is 21.3 Å². The van der Waals surface area contributed by atoms with E-state index >= 15 is 0 Å². The zero-order valence-corrected chi connectivity index (χ0v) is 21.7. The van der Waals surface area contributed by atoms with Gasteiger partial charge in [0, 0.05) is 41.0 Å². The lowest BCUT2D eigenvalue weighted by Crippen LogP contribution is -2.50. The molecule has 1 aliphatic heterocycles. The summed E-state index contributed by atoms with van der Waals surface area (Å²) in [5, 5.41) is 21.3. The van der Waals surface area contributed by atoms with Crippen LogP contribution in [0.25, 0.3) is 10.9 Å². The largest absolute Gasteiger partial charge is 0.395 e. The van der Waals surface area contributed by atoms with Gasteiger partial charge in [-0.2, -0.15) is 0 Å². The van der Waals surface area contributed by atoms with Gasteiger partial charge in [0.05, 0.1) is 37.3 Å². The van der Waals surface area contributed by atoms with Crippen molar-refractivity contribution in [1.82, 2.24) is 20.3 Å². The Bertz CT molecular complexity index is 1230. The Labute approximate surface area is 221 Å². The molecule has 3 aromatic rings. The van der Waals surface area contributed by atoms with E-state index in [0.29, 0.717) is 36.7 Å². The number of pyridine rings is 1. The molecule has 1 atom stereocenters. The molecule has 0 radical (unpaired) electrons. The number of carbonyl (C=O) groups excluding carboxylic acids is 1. The first-order valence-electron chi connectivity index (χ1n) is 12.9. The van der Waals surface area contributed by atoms with Crippen LogP contribution in [0.1, 0.15) is 42.7 Å². The molecule has 1 amide bonds. The van der Waals surface area contributed by atoms with Crippen molar-refractivity contribution in [3.05, 3.63) is 52.8 Å². The van der Waals surface area contributed by atoms with Crippen LogP contribution in [0, 0.1) is 12.8 Å². The minimum atomic E-state index is -0.684. The number of anilines is 2. The van der Waals surface area contributed by atoms with Gasteiger partial charge in [0.25, 0.3) is 0 Å². The van der Waals surface area contributed by atoms with E-state index in [-0.39, 0.29) is 18.6 Å². The van der Waals surface area contributed by atoms with Crippen molar-refractivity contribution in [3.8, 4) is 0 Å². The Morgan fingerprint density at radius 3 is 2.57 bits per heavy atom. The SMILES string of the molecule is Cc1cc2nc(NC3CCC(CNc4ncc([C@H](CO)C(=O)NC5COC5)cn4)CC3)ccc2cc1Cl. The lowest BCUT2D eigenvalue weighted by Gasteiger charge is -2.29. The highest BCUT2D eigenvalue weighted by atomic mass is 35.5. The molecular formula is C27H33ClN6O3. The first-order valence-corrected chi connectivity index (χ1v) is 13.2. The molecule has 0 unspecified atom stereocenters. The molecule has 2 fully saturated rings. The van der Waals surface area contributed by atoms with Gasteiger partial charge in [-0.05, 0) is 68.4 Å². The molecule has 196 valence electrons. The van der Waals surface area contributed by atoms with Gasteiger partial charge in [0.2, 0.25) is 11.9 Å². The van der Waals surface area contributed by atoms with Crippen molar-refractivity contribution in [2.45, 2.75) is 50.6 Å². The van der Waals surface area contributed by atoms with Gasteiger partial charge in [-0.3, -0.25) is 4.79 Å². The third-order valence-electron chi connectivity index (χ3n) is 7.27. The van der Waals surface area contributed by atoms with Crippen molar-refractivity contribution >= 4 is 40.2 Å². The summed E-state index contributed by atoms with van der Waals surface area (Å²) in [6.07, 6.45) is 7.57. The number of ether oxygens (including phenoxy) is 1. The minimum Gasteiger partial charge on any atom is -0.395 e. The molecular weight excluding hydrogens is 492 g/mol. The Morgan fingerprint density at radius 1 is 1.14 bits per heavy atom. The van der Waals surface area contributed by atoms with Crippen molar-refractivity contribution in [2.24, 2.45) is 5.92 Å². The predicted molar refractivity (Wildman–Crippen MR) is 144 cm³/mol.